The number of benzene rings is 1. The van der Waals surface area contributed by atoms with E-state index in [0.29, 0.717) is 11.6 Å². The summed E-state index contributed by atoms with van der Waals surface area (Å²) in [6.07, 6.45) is 0. The standard InChI is InChI=1S/C16H25ClN2O2/c1-16(2,3)18-15-12-13(4-5-14(15)17)21-11-8-19-6-9-20-10-7-19/h4-5,12,18H,6-11H2,1-3H3. The van der Waals surface area contributed by atoms with Gasteiger partial charge < -0.3 is 14.8 Å². The number of halogens is 1. The van der Waals surface area contributed by atoms with Crippen LogP contribution in [-0.2, 0) is 4.74 Å². The summed E-state index contributed by atoms with van der Waals surface area (Å²) < 4.78 is 11.2. The van der Waals surface area contributed by atoms with Crippen molar-refractivity contribution in [3.63, 3.8) is 0 Å². The monoisotopic (exact) mass is 312 g/mol. The minimum absolute atomic E-state index is 0.0317. The first-order chi connectivity index (χ1) is 9.94. The van der Waals surface area contributed by atoms with Crippen LogP contribution in [0, 0.1) is 0 Å². The lowest BCUT2D eigenvalue weighted by molar-refractivity contribution is 0.0322. The zero-order valence-electron chi connectivity index (χ0n) is 13.1. The third-order valence-corrected chi connectivity index (χ3v) is 3.56. The van der Waals surface area contributed by atoms with E-state index in [9.17, 15) is 0 Å². The summed E-state index contributed by atoms with van der Waals surface area (Å²) in [4.78, 5) is 2.35. The fourth-order valence-corrected chi connectivity index (χ4v) is 2.38. The molecule has 0 aromatic heterocycles. The molecule has 0 unspecified atom stereocenters. The van der Waals surface area contributed by atoms with Crippen molar-refractivity contribution in [1.82, 2.24) is 4.90 Å². The van der Waals surface area contributed by atoms with Crippen molar-refractivity contribution in [3.05, 3.63) is 23.2 Å². The third kappa shape index (κ3) is 5.73. The lowest BCUT2D eigenvalue weighted by Crippen LogP contribution is -2.38. The Morgan fingerprint density at radius 2 is 2.00 bits per heavy atom. The molecule has 0 radical (unpaired) electrons. The molecule has 1 N–H and O–H groups in total. The average molecular weight is 313 g/mol. The summed E-state index contributed by atoms with van der Waals surface area (Å²) in [5.74, 6) is 0.847. The van der Waals surface area contributed by atoms with Gasteiger partial charge in [0, 0.05) is 31.2 Å². The van der Waals surface area contributed by atoms with Gasteiger partial charge in [0.2, 0.25) is 0 Å². The Hall–Kier alpha value is -0.970. The summed E-state index contributed by atoms with van der Waals surface area (Å²) in [6, 6.07) is 5.75. The van der Waals surface area contributed by atoms with Gasteiger partial charge >= 0.3 is 0 Å². The number of hydrogen-bond acceptors (Lipinski definition) is 4. The van der Waals surface area contributed by atoms with Crippen LogP contribution in [0.5, 0.6) is 5.75 Å². The Balaban J connectivity index is 1.86. The largest absolute Gasteiger partial charge is 0.492 e. The number of ether oxygens (including phenoxy) is 2. The van der Waals surface area contributed by atoms with Crippen LogP contribution in [-0.4, -0.2) is 49.9 Å². The fourth-order valence-electron chi connectivity index (χ4n) is 2.21. The second kappa shape index (κ2) is 7.34. The van der Waals surface area contributed by atoms with Crippen LogP contribution in [0.1, 0.15) is 20.8 Å². The van der Waals surface area contributed by atoms with E-state index in [-0.39, 0.29) is 5.54 Å². The van der Waals surface area contributed by atoms with E-state index in [2.05, 4.69) is 31.0 Å². The number of hydrogen-bond donors (Lipinski definition) is 1. The van der Waals surface area contributed by atoms with Crippen molar-refractivity contribution in [3.8, 4) is 5.75 Å². The van der Waals surface area contributed by atoms with E-state index in [4.69, 9.17) is 21.1 Å². The molecule has 21 heavy (non-hydrogen) atoms. The molecular weight excluding hydrogens is 288 g/mol. The minimum Gasteiger partial charge on any atom is -0.492 e. The molecule has 118 valence electrons. The maximum absolute atomic E-state index is 6.22. The number of nitrogens with zero attached hydrogens (tertiary/aromatic N) is 1. The maximum atomic E-state index is 6.22. The second-order valence-corrected chi connectivity index (χ2v) is 6.73. The Bertz CT molecular complexity index is 454. The van der Waals surface area contributed by atoms with Crippen molar-refractivity contribution in [1.29, 1.82) is 0 Å². The molecule has 1 saturated heterocycles. The van der Waals surface area contributed by atoms with E-state index in [1.54, 1.807) is 0 Å². The smallest absolute Gasteiger partial charge is 0.121 e. The number of nitrogens with one attached hydrogen (secondary N) is 1. The van der Waals surface area contributed by atoms with Gasteiger partial charge in [0.1, 0.15) is 12.4 Å². The van der Waals surface area contributed by atoms with Crippen molar-refractivity contribution in [2.75, 3.05) is 44.8 Å². The Kier molecular flexibility index (Phi) is 5.73. The average Bonchev–Trinajstić information content (AvgIpc) is 2.42. The normalized spacial score (nSPS) is 16.8. The number of morpholine rings is 1. The van der Waals surface area contributed by atoms with Crippen molar-refractivity contribution in [2.24, 2.45) is 0 Å². The molecule has 1 aliphatic rings. The molecule has 1 heterocycles. The Morgan fingerprint density at radius 1 is 1.29 bits per heavy atom. The molecule has 1 fully saturated rings. The minimum atomic E-state index is -0.0317. The van der Waals surface area contributed by atoms with Gasteiger partial charge in [-0.3, -0.25) is 4.90 Å². The highest BCUT2D eigenvalue weighted by Crippen LogP contribution is 2.29. The van der Waals surface area contributed by atoms with Crippen molar-refractivity contribution < 1.29 is 9.47 Å². The van der Waals surface area contributed by atoms with Gasteiger partial charge in [-0.1, -0.05) is 11.6 Å². The van der Waals surface area contributed by atoms with Gasteiger partial charge in [0.05, 0.1) is 23.9 Å². The SMILES string of the molecule is CC(C)(C)Nc1cc(OCCN2CCOCC2)ccc1Cl. The van der Waals surface area contributed by atoms with Crippen LogP contribution in [0.4, 0.5) is 5.69 Å². The van der Waals surface area contributed by atoms with Crippen LogP contribution < -0.4 is 10.1 Å². The lowest BCUT2D eigenvalue weighted by Gasteiger charge is -2.26. The van der Waals surface area contributed by atoms with E-state index >= 15 is 0 Å². The molecular formula is C16H25ClN2O2. The maximum Gasteiger partial charge on any atom is 0.121 e. The van der Waals surface area contributed by atoms with Crippen LogP contribution in [0.25, 0.3) is 0 Å². The second-order valence-electron chi connectivity index (χ2n) is 6.32. The molecule has 0 saturated carbocycles. The van der Waals surface area contributed by atoms with Crippen LogP contribution >= 0.6 is 11.6 Å². The highest BCUT2D eigenvalue weighted by atomic mass is 35.5. The van der Waals surface area contributed by atoms with Gasteiger partial charge in [-0.05, 0) is 32.9 Å². The van der Waals surface area contributed by atoms with E-state index in [1.807, 2.05) is 18.2 Å². The van der Waals surface area contributed by atoms with Crippen LogP contribution in [0.3, 0.4) is 0 Å². The van der Waals surface area contributed by atoms with Gasteiger partial charge in [0.25, 0.3) is 0 Å². The predicted octanol–water partition coefficient (Wildman–Crippen LogP) is 3.26. The lowest BCUT2D eigenvalue weighted by atomic mass is 10.1. The highest BCUT2D eigenvalue weighted by Gasteiger charge is 2.13. The number of anilines is 1. The molecule has 0 bridgehead atoms. The highest BCUT2D eigenvalue weighted by molar-refractivity contribution is 6.33. The molecule has 1 aliphatic heterocycles. The molecule has 0 spiro atoms. The zero-order valence-corrected chi connectivity index (χ0v) is 13.9. The third-order valence-electron chi connectivity index (χ3n) is 3.23. The fraction of sp³-hybridized carbons (Fsp3) is 0.625. The van der Waals surface area contributed by atoms with Crippen LogP contribution in [0.2, 0.25) is 5.02 Å². The summed E-state index contributed by atoms with van der Waals surface area (Å²) in [7, 11) is 0. The molecule has 1 aromatic carbocycles. The molecule has 5 heteroatoms. The summed E-state index contributed by atoms with van der Waals surface area (Å²) >= 11 is 6.22. The van der Waals surface area contributed by atoms with E-state index in [0.717, 1.165) is 44.3 Å². The quantitative estimate of drug-likeness (QED) is 0.905. The Labute approximate surface area is 132 Å². The van der Waals surface area contributed by atoms with Crippen molar-refractivity contribution in [2.45, 2.75) is 26.3 Å². The van der Waals surface area contributed by atoms with Crippen LogP contribution in [0.15, 0.2) is 18.2 Å². The van der Waals surface area contributed by atoms with E-state index < -0.39 is 0 Å². The topological polar surface area (TPSA) is 33.7 Å². The van der Waals surface area contributed by atoms with E-state index in [1.165, 1.54) is 0 Å². The van der Waals surface area contributed by atoms with Gasteiger partial charge in [-0.25, -0.2) is 0 Å². The first-order valence-electron chi connectivity index (χ1n) is 7.45. The summed E-state index contributed by atoms with van der Waals surface area (Å²) in [5, 5.41) is 4.10. The summed E-state index contributed by atoms with van der Waals surface area (Å²) in [5.41, 5.74) is 0.879. The molecule has 0 atom stereocenters. The first kappa shape index (κ1) is 16.4. The van der Waals surface area contributed by atoms with Crippen molar-refractivity contribution >= 4 is 17.3 Å². The zero-order chi connectivity index (χ0) is 15.3. The molecule has 4 nitrogen and oxygen atoms in total. The molecule has 1 aromatic rings. The van der Waals surface area contributed by atoms with Gasteiger partial charge in [-0.15, -0.1) is 0 Å². The van der Waals surface area contributed by atoms with Gasteiger partial charge in [0.15, 0.2) is 0 Å². The first-order valence-corrected chi connectivity index (χ1v) is 7.82. The Morgan fingerprint density at radius 3 is 2.67 bits per heavy atom. The number of rotatable bonds is 5. The van der Waals surface area contributed by atoms with Gasteiger partial charge in [-0.2, -0.15) is 0 Å². The summed E-state index contributed by atoms with van der Waals surface area (Å²) in [6.45, 7) is 11.5. The molecule has 0 aliphatic carbocycles. The molecule has 0 amide bonds. The predicted molar refractivity (Wildman–Crippen MR) is 87.6 cm³/mol. The molecule has 2 rings (SSSR count).